The Morgan fingerprint density at radius 2 is 1.94 bits per heavy atom. The first-order valence-electron chi connectivity index (χ1n) is 5.65. The predicted molar refractivity (Wildman–Crippen MR) is 55.1 cm³/mol. The second-order valence-corrected chi connectivity index (χ2v) is 6.34. The smallest absolute Gasteiger partial charge is 0.376 e. The lowest BCUT2D eigenvalue weighted by Gasteiger charge is -2.30. The number of alkyl halides is 2. The van der Waals surface area contributed by atoms with E-state index in [1.165, 1.54) is 0 Å². The lowest BCUT2D eigenvalue weighted by molar-refractivity contribution is -0.181. The van der Waals surface area contributed by atoms with Crippen LogP contribution in [0.15, 0.2) is 0 Å². The van der Waals surface area contributed by atoms with Gasteiger partial charge in [-0.25, -0.2) is 4.79 Å². The fraction of sp³-hybridized carbons (Fsp3) is 0.917. The van der Waals surface area contributed by atoms with Gasteiger partial charge in [0.15, 0.2) is 0 Å². The Labute approximate surface area is 94.3 Å². The minimum absolute atomic E-state index is 0.182. The van der Waals surface area contributed by atoms with Crippen LogP contribution in [-0.2, 0) is 9.53 Å². The topological polar surface area (TPSA) is 26.3 Å². The fourth-order valence-corrected chi connectivity index (χ4v) is 3.27. The summed E-state index contributed by atoms with van der Waals surface area (Å²) in [5, 5.41) is 0. The first-order valence-corrected chi connectivity index (χ1v) is 5.65. The van der Waals surface area contributed by atoms with E-state index in [4.69, 9.17) is 4.74 Å². The van der Waals surface area contributed by atoms with E-state index in [2.05, 4.69) is 6.92 Å². The van der Waals surface area contributed by atoms with Crippen LogP contribution in [0.3, 0.4) is 0 Å². The maximum absolute atomic E-state index is 12.8. The minimum Gasteiger partial charge on any atom is -0.457 e. The number of fused-ring (bicyclic) bond motifs is 1. The minimum atomic E-state index is -3.38. The lowest BCUT2D eigenvalue weighted by Crippen LogP contribution is -2.37. The predicted octanol–water partition coefficient (Wildman–Crippen LogP) is 3.01. The number of carbonyl (C=O) groups excluding carboxylic acids is 1. The summed E-state index contributed by atoms with van der Waals surface area (Å²) >= 11 is 0. The van der Waals surface area contributed by atoms with Crippen LogP contribution >= 0.6 is 0 Å². The summed E-state index contributed by atoms with van der Waals surface area (Å²) in [6, 6.07) is 0. The highest BCUT2D eigenvalue weighted by Gasteiger charge is 2.67. The van der Waals surface area contributed by atoms with Crippen molar-refractivity contribution in [3.8, 4) is 0 Å². The maximum atomic E-state index is 12.8. The van der Waals surface area contributed by atoms with Gasteiger partial charge in [-0.3, -0.25) is 0 Å². The highest BCUT2D eigenvalue weighted by atomic mass is 19.3. The van der Waals surface area contributed by atoms with Gasteiger partial charge in [0.05, 0.1) is 0 Å². The zero-order valence-electron chi connectivity index (χ0n) is 10.1. The van der Waals surface area contributed by atoms with Gasteiger partial charge in [0, 0.05) is 18.3 Å². The molecule has 0 bridgehead atoms. The van der Waals surface area contributed by atoms with Gasteiger partial charge in [0.2, 0.25) is 0 Å². The van der Waals surface area contributed by atoms with Gasteiger partial charge in [-0.1, -0.05) is 20.8 Å². The molecule has 0 amide bonds. The molecule has 2 rings (SSSR count). The molecule has 3 unspecified atom stereocenters. The molecule has 0 aromatic rings. The molecule has 0 radical (unpaired) electrons. The molecule has 2 fully saturated rings. The van der Waals surface area contributed by atoms with Crippen molar-refractivity contribution in [3.63, 3.8) is 0 Å². The molecule has 4 heteroatoms. The second-order valence-electron chi connectivity index (χ2n) is 6.34. The molecular formula is C12H18F2O2. The number of hydrogen-bond acceptors (Lipinski definition) is 2. The summed E-state index contributed by atoms with van der Waals surface area (Å²) in [5.41, 5.74) is 0.0239. The summed E-state index contributed by atoms with van der Waals surface area (Å²) in [5.74, 6) is -4.50. The van der Waals surface area contributed by atoms with Gasteiger partial charge in [-0.15, -0.1) is 0 Å². The van der Waals surface area contributed by atoms with Crippen molar-refractivity contribution < 1.29 is 18.3 Å². The van der Waals surface area contributed by atoms with Crippen LogP contribution in [0.1, 0.15) is 40.5 Å². The van der Waals surface area contributed by atoms with Crippen molar-refractivity contribution in [2.45, 2.75) is 52.6 Å². The van der Waals surface area contributed by atoms with Gasteiger partial charge < -0.3 is 4.74 Å². The Hall–Kier alpha value is -0.670. The zero-order chi connectivity index (χ0) is 12.4. The number of hydrogen-bond donors (Lipinski definition) is 0. The number of halogens is 2. The fourth-order valence-electron chi connectivity index (χ4n) is 3.27. The van der Waals surface area contributed by atoms with Gasteiger partial charge in [0.25, 0.3) is 0 Å². The first kappa shape index (κ1) is 11.8. The summed E-state index contributed by atoms with van der Waals surface area (Å²) in [4.78, 5) is 11.2. The first-order chi connectivity index (χ1) is 7.06. The van der Waals surface area contributed by atoms with E-state index < -0.39 is 11.9 Å². The van der Waals surface area contributed by atoms with Crippen molar-refractivity contribution in [2.24, 2.45) is 16.7 Å². The standard InChI is InChI=1S/C12H18F2O2/c1-10(2)6-11(3)5-7(11)8(10)16-9(15)12(4,13)14/h7-8H,5-6H2,1-4H3. The SMILES string of the molecule is CC(F)(F)C(=O)OC1C2CC2(C)CC1(C)C. The molecule has 2 aliphatic rings. The van der Waals surface area contributed by atoms with Gasteiger partial charge in [-0.05, 0) is 18.3 Å². The van der Waals surface area contributed by atoms with Crippen molar-refractivity contribution in [2.75, 3.05) is 0 Å². The summed E-state index contributed by atoms with van der Waals surface area (Å²) in [7, 11) is 0. The molecular weight excluding hydrogens is 214 g/mol. The summed E-state index contributed by atoms with van der Waals surface area (Å²) < 4.78 is 30.6. The molecule has 2 aliphatic carbocycles. The lowest BCUT2D eigenvalue weighted by atomic mass is 9.83. The molecule has 0 heterocycles. The third-order valence-electron chi connectivity index (χ3n) is 4.01. The molecule has 0 aromatic carbocycles. The quantitative estimate of drug-likeness (QED) is 0.684. The van der Waals surface area contributed by atoms with Gasteiger partial charge >= 0.3 is 11.9 Å². The Morgan fingerprint density at radius 1 is 1.38 bits per heavy atom. The van der Waals surface area contributed by atoms with Crippen LogP contribution in [0, 0.1) is 16.7 Å². The van der Waals surface area contributed by atoms with Crippen LogP contribution in [-0.4, -0.2) is 18.0 Å². The van der Waals surface area contributed by atoms with Crippen LogP contribution in [0.5, 0.6) is 0 Å². The maximum Gasteiger partial charge on any atom is 0.376 e. The molecule has 0 aliphatic heterocycles. The van der Waals surface area contributed by atoms with E-state index in [1.54, 1.807) is 0 Å². The molecule has 0 spiro atoms. The van der Waals surface area contributed by atoms with E-state index in [1.807, 2.05) is 13.8 Å². The molecule has 2 saturated carbocycles. The Bertz CT molecular complexity index is 332. The van der Waals surface area contributed by atoms with Crippen molar-refractivity contribution in [3.05, 3.63) is 0 Å². The van der Waals surface area contributed by atoms with E-state index in [0.717, 1.165) is 12.8 Å². The number of ether oxygens (including phenoxy) is 1. The molecule has 16 heavy (non-hydrogen) atoms. The molecule has 0 N–H and O–H groups in total. The monoisotopic (exact) mass is 232 g/mol. The van der Waals surface area contributed by atoms with Crippen LogP contribution < -0.4 is 0 Å². The Balaban J connectivity index is 2.08. The van der Waals surface area contributed by atoms with E-state index >= 15 is 0 Å². The summed E-state index contributed by atoms with van der Waals surface area (Å²) in [6.45, 7) is 6.69. The van der Waals surface area contributed by atoms with Crippen molar-refractivity contribution >= 4 is 5.97 Å². The van der Waals surface area contributed by atoms with Crippen molar-refractivity contribution in [1.82, 2.24) is 0 Å². The van der Waals surface area contributed by atoms with Gasteiger partial charge in [0.1, 0.15) is 6.10 Å². The van der Waals surface area contributed by atoms with Crippen LogP contribution in [0.4, 0.5) is 8.78 Å². The van der Waals surface area contributed by atoms with Crippen molar-refractivity contribution in [1.29, 1.82) is 0 Å². The summed E-state index contributed by atoms with van der Waals surface area (Å²) in [6.07, 6.45) is 1.58. The average molecular weight is 232 g/mol. The molecule has 2 nitrogen and oxygen atoms in total. The largest absolute Gasteiger partial charge is 0.457 e. The Kier molecular flexibility index (Phi) is 2.18. The van der Waals surface area contributed by atoms with E-state index in [0.29, 0.717) is 6.92 Å². The number of esters is 1. The van der Waals surface area contributed by atoms with Crippen LogP contribution in [0.25, 0.3) is 0 Å². The molecule has 92 valence electrons. The normalized spacial score (nSPS) is 40.4. The third kappa shape index (κ3) is 1.72. The highest BCUT2D eigenvalue weighted by molar-refractivity contribution is 5.77. The van der Waals surface area contributed by atoms with E-state index in [9.17, 15) is 13.6 Å². The molecule has 0 saturated heterocycles. The highest BCUT2D eigenvalue weighted by Crippen LogP contribution is 2.69. The zero-order valence-corrected chi connectivity index (χ0v) is 10.1. The molecule has 3 atom stereocenters. The Morgan fingerprint density at radius 3 is 2.31 bits per heavy atom. The number of rotatable bonds is 2. The van der Waals surface area contributed by atoms with Crippen LogP contribution in [0.2, 0.25) is 0 Å². The average Bonchev–Trinajstić information content (AvgIpc) is 2.62. The molecule has 0 aromatic heterocycles. The number of carbonyl (C=O) groups is 1. The third-order valence-corrected chi connectivity index (χ3v) is 4.01. The van der Waals surface area contributed by atoms with Gasteiger partial charge in [-0.2, -0.15) is 8.78 Å². The van der Waals surface area contributed by atoms with E-state index in [-0.39, 0.29) is 22.9 Å². The second kappa shape index (κ2) is 2.96.